The van der Waals surface area contributed by atoms with Crippen molar-refractivity contribution in [2.75, 3.05) is 0 Å². The number of unbranched alkanes of at least 4 members (excludes halogenated alkanes) is 1. The van der Waals surface area contributed by atoms with Crippen LogP contribution in [0, 0.1) is 5.92 Å². The number of urea groups is 1. The highest BCUT2D eigenvalue weighted by molar-refractivity contribution is 5.75. The van der Waals surface area contributed by atoms with Crippen molar-refractivity contribution in [3.8, 4) is 0 Å². The summed E-state index contributed by atoms with van der Waals surface area (Å²) in [4.78, 5) is 21.5. The molecular formula is C13H26N2O2. The van der Waals surface area contributed by atoms with Crippen molar-refractivity contribution in [2.45, 2.75) is 65.3 Å². The van der Waals surface area contributed by atoms with Gasteiger partial charge in [0.15, 0.2) is 0 Å². The van der Waals surface area contributed by atoms with E-state index in [9.17, 15) is 9.59 Å². The molecule has 0 aliphatic heterocycles. The predicted octanol–water partition coefficient (Wildman–Crippen LogP) is 2.61. The minimum absolute atomic E-state index is 0.176. The fourth-order valence-corrected chi connectivity index (χ4v) is 2.00. The second kappa shape index (κ2) is 9.02. The fraction of sp³-hybridized carbons (Fsp3) is 0.846. The van der Waals surface area contributed by atoms with Gasteiger partial charge in [0.05, 0.1) is 0 Å². The van der Waals surface area contributed by atoms with Crippen molar-refractivity contribution in [2.24, 2.45) is 11.7 Å². The molecule has 0 radical (unpaired) electrons. The molecule has 0 aromatic rings. The van der Waals surface area contributed by atoms with Crippen LogP contribution in [0.1, 0.15) is 59.3 Å². The smallest absolute Gasteiger partial charge is 0.312 e. The van der Waals surface area contributed by atoms with Crippen LogP contribution in [-0.2, 0) is 4.79 Å². The topological polar surface area (TPSA) is 72.2 Å². The zero-order chi connectivity index (χ0) is 13.3. The molecule has 0 bridgehead atoms. The normalized spacial score (nSPS) is 14.1. The van der Waals surface area contributed by atoms with E-state index < -0.39 is 6.03 Å². The van der Waals surface area contributed by atoms with Crippen LogP contribution in [0.15, 0.2) is 0 Å². The summed E-state index contributed by atoms with van der Waals surface area (Å²) in [6.45, 7) is 5.86. The first-order chi connectivity index (χ1) is 7.95. The number of hydrogen-bond donors (Lipinski definition) is 2. The van der Waals surface area contributed by atoms with Gasteiger partial charge in [-0.3, -0.25) is 0 Å². The molecule has 0 aromatic heterocycles. The summed E-state index contributed by atoms with van der Waals surface area (Å²) in [6.07, 6.45) is 5.70. The summed E-state index contributed by atoms with van der Waals surface area (Å²) >= 11 is 0. The molecule has 4 nitrogen and oxygen atoms in total. The van der Waals surface area contributed by atoms with E-state index in [0.29, 0.717) is 12.3 Å². The van der Waals surface area contributed by atoms with E-state index in [4.69, 9.17) is 5.73 Å². The lowest BCUT2D eigenvalue weighted by Crippen LogP contribution is -2.39. The van der Waals surface area contributed by atoms with Crippen LogP contribution >= 0.6 is 0 Å². The number of hydrogen-bond acceptors (Lipinski definition) is 2. The summed E-state index contributed by atoms with van der Waals surface area (Å²) in [6, 6.07) is -0.268. The third kappa shape index (κ3) is 9.85. The Morgan fingerprint density at radius 3 is 2.41 bits per heavy atom. The molecule has 0 aromatic carbocycles. The molecule has 1 unspecified atom stereocenters. The Kier molecular flexibility index (Phi) is 8.46. The summed E-state index contributed by atoms with van der Waals surface area (Å²) in [5.41, 5.74) is 5.11. The predicted molar refractivity (Wildman–Crippen MR) is 69.7 cm³/mol. The minimum atomic E-state index is -0.444. The number of amides is 2. The minimum Gasteiger partial charge on any atom is -0.352 e. The number of carbonyl (C=O) groups is 2. The van der Waals surface area contributed by atoms with Gasteiger partial charge in [-0.25, -0.2) is 4.79 Å². The SMILES string of the molecule is CCC(C[C@@H](C)CCCCC(C)=O)NC(N)=O. The van der Waals surface area contributed by atoms with Crippen LogP contribution in [0.3, 0.4) is 0 Å². The first kappa shape index (κ1) is 15.9. The average Bonchev–Trinajstić information content (AvgIpc) is 2.22. The van der Waals surface area contributed by atoms with Crippen molar-refractivity contribution < 1.29 is 9.59 Å². The van der Waals surface area contributed by atoms with Gasteiger partial charge in [0.2, 0.25) is 0 Å². The van der Waals surface area contributed by atoms with E-state index in [1.807, 2.05) is 6.92 Å². The highest BCUT2D eigenvalue weighted by Gasteiger charge is 2.12. The second-order valence-corrected chi connectivity index (χ2v) is 4.90. The highest BCUT2D eigenvalue weighted by atomic mass is 16.2. The van der Waals surface area contributed by atoms with E-state index >= 15 is 0 Å². The van der Waals surface area contributed by atoms with E-state index in [0.717, 1.165) is 32.1 Å². The van der Waals surface area contributed by atoms with E-state index in [2.05, 4.69) is 12.2 Å². The van der Waals surface area contributed by atoms with Crippen molar-refractivity contribution in [1.82, 2.24) is 5.32 Å². The van der Waals surface area contributed by atoms with Gasteiger partial charge in [-0.1, -0.05) is 26.7 Å². The summed E-state index contributed by atoms with van der Waals surface area (Å²) < 4.78 is 0. The van der Waals surface area contributed by atoms with Crippen molar-refractivity contribution >= 4 is 11.8 Å². The molecule has 17 heavy (non-hydrogen) atoms. The third-order valence-corrected chi connectivity index (χ3v) is 3.00. The van der Waals surface area contributed by atoms with E-state index in [1.54, 1.807) is 6.92 Å². The van der Waals surface area contributed by atoms with Gasteiger partial charge in [-0.2, -0.15) is 0 Å². The van der Waals surface area contributed by atoms with Crippen LogP contribution in [-0.4, -0.2) is 17.9 Å². The molecule has 3 N–H and O–H groups in total. The Labute approximate surface area is 104 Å². The van der Waals surface area contributed by atoms with Crippen LogP contribution < -0.4 is 11.1 Å². The Hall–Kier alpha value is -1.06. The van der Waals surface area contributed by atoms with Gasteiger partial charge < -0.3 is 15.8 Å². The molecule has 2 amide bonds. The maximum Gasteiger partial charge on any atom is 0.312 e. The number of primary amides is 1. The molecule has 0 fully saturated rings. The standard InChI is InChI=1S/C13H26N2O2/c1-4-12(15-13(14)17)9-10(2)7-5-6-8-11(3)16/h10,12H,4-9H2,1-3H3,(H3,14,15,17)/t10-,12?/m0/s1. The molecule has 100 valence electrons. The molecular weight excluding hydrogens is 216 g/mol. The van der Waals surface area contributed by atoms with Crippen LogP contribution in [0.5, 0.6) is 0 Å². The molecule has 2 atom stereocenters. The number of nitrogens with one attached hydrogen (secondary N) is 1. The van der Waals surface area contributed by atoms with Crippen LogP contribution in [0.4, 0.5) is 4.79 Å². The fourth-order valence-electron chi connectivity index (χ4n) is 2.00. The number of nitrogens with two attached hydrogens (primary N) is 1. The van der Waals surface area contributed by atoms with Gasteiger partial charge in [-0.15, -0.1) is 0 Å². The Morgan fingerprint density at radius 2 is 1.94 bits per heavy atom. The summed E-state index contributed by atoms with van der Waals surface area (Å²) in [5.74, 6) is 0.818. The maximum atomic E-state index is 10.8. The van der Waals surface area contributed by atoms with Crippen molar-refractivity contribution in [3.63, 3.8) is 0 Å². The molecule has 0 rings (SSSR count). The Bertz CT molecular complexity index is 242. The highest BCUT2D eigenvalue weighted by Crippen LogP contribution is 2.16. The lowest BCUT2D eigenvalue weighted by Gasteiger charge is -2.20. The number of rotatable bonds is 9. The summed E-state index contributed by atoms with van der Waals surface area (Å²) in [5, 5.41) is 2.75. The second-order valence-electron chi connectivity index (χ2n) is 4.90. The first-order valence-electron chi connectivity index (χ1n) is 6.51. The van der Waals surface area contributed by atoms with Gasteiger partial charge in [0.25, 0.3) is 0 Å². The Balaban J connectivity index is 3.71. The van der Waals surface area contributed by atoms with Crippen LogP contribution in [0.25, 0.3) is 0 Å². The van der Waals surface area contributed by atoms with Crippen LogP contribution in [0.2, 0.25) is 0 Å². The molecule has 0 saturated carbocycles. The molecule has 0 aliphatic carbocycles. The Morgan fingerprint density at radius 1 is 1.29 bits per heavy atom. The first-order valence-corrected chi connectivity index (χ1v) is 6.51. The lowest BCUT2D eigenvalue weighted by atomic mass is 9.94. The van der Waals surface area contributed by atoms with Gasteiger partial charge in [0.1, 0.15) is 5.78 Å². The number of ketones is 1. The third-order valence-electron chi connectivity index (χ3n) is 3.00. The van der Waals surface area contributed by atoms with E-state index in [1.165, 1.54) is 0 Å². The molecule has 4 heteroatoms. The average molecular weight is 242 g/mol. The van der Waals surface area contributed by atoms with Gasteiger partial charge in [0, 0.05) is 12.5 Å². The van der Waals surface area contributed by atoms with E-state index in [-0.39, 0.29) is 11.8 Å². The number of Topliss-reactive ketones (excluding diaryl/α,β-unsaturated/α-hetero) is 1. The van der Waals surface area contributed by atoms with Gasteiger partial charge in [-0.05, 0) is 32.1 Å². The molecule has 0 aliphatic rings. The van der Waals surface area contributed by atoms with Crippen molar-refractivity contribution in [3.05, 3.63) is 0 Å². The lowest BCUT2D eigenvalue weighted by molar-refractivity contribution is -0.117. The zero-order valence-electron chi connectivity index (χ0n) is 11.3. The molecule has 0 heterocycles. The monoisotopic (exact) mass is 242 g/mol. The van der Waals surface area contributed by atoms with Crippen molar-refractivity contribution in [1.29, 1.82) is 0 Å². The molecule has 0 spiro atoms. The quantitative estimate of drug-likeness (QED) is 0.610. The summed E-state index contributed by atoms with van der Waals surface area (Å²) in [7, 11) is 0. The van der Waals surface area contributed by atoms with Gasteiger partial charge >= 0.3 is 6.03 Å². The zero-order valence-corrected chi connectivity index (χ0v) is 11.3. The number of carbonyl (C=O) groups excluding carboxylic acids is 2. The largest absolute Gasteiger partial charge is 0.352 e. The maximum absolute atomic E-state index is 10.8. The molecule has 0 saturated heterocycles.